The highest BCUT2D eigenvalue weighted by molar-refractivity contribution is 5.79. The van der Waals surface area contributed by atoms with Crippen LogP contribution in [0.15, 0.2) is 75.9 Å². The van der Waals surface area contributed by atoms with Gasteiger partial charge in [0.25, 0.3) is 0 Å². The van der Waals surface area contributed by atoms with Gasteiger partial charge in [0.05, 0.1) is 29.9 Å². The Morgan fingerprint density at radius 2 is 1.49 bits per heavy atom. The molecular formula is C28H27F3N2O4. The Kier molecular flexibility index (Phi) is 7.91. The second-order valence-corrected chi connectivity index (χ2v) is 8.62. The van der Waals surface area contributed by atoms with Gasteiger partial charge in [0.15, 0.2) is 5.43 Å². The second-order valence-electron chi connectivity index (χ2n) is 8.62. The first-order chi connectivity index (χ1) is 17.7. The third-order valence-corrected chi connectivity index (χ3v) is 5.80. The van der Waals surface area contributed by atoms with Crippen LogP contribution < -0.4 is 26.4 Å². The molecule has 0 aliphatic carbocycles. The first kappa shape index (κ1) is 25.9. The van der Waals surface area contributed by atoms with E-state index in [0.29, 0.717) is 41.7 Å². The van der Waals surface area contributed by atoms with E-state index in [0.717, 1.165) is 37.8 Å². The molecule has 4 N–H and O–H groups in total. The molecule has 0 amide bonds. The number of unbranched alkanes of at least 4 members (excludes halogenated alkanes) is 3. The molecule has 1 heterocycles. The average molecular weight is 513 g/mol. The van der Waals surface area contributed by atoms with Crippen molar-refractivity contribution in [3.63, 3.8) is 0 Å². The smallest absolute Gasteiger partial charge is 0.416 e. The Labute approximate surface area is 211 Å². The van der Waals surface area contributed by atoms with Gasteiger partial charge in [-0.2, -0.15) is 13.2 Å². The van der Waals surface area contributed by atoms with Crippen molar-refractivity contribution in [2.45, 2.75) is 31.9 Å². The fraction of sp³-hybridized carbons (Fsp3) is 0.250. The molecule has 0 fully saturated rings. The number of hydrogen-bond donors (Lipinski definition) is 2. The van der Waals surface area contributed by atoms with E-state index < -0.39 is 17.2 Å². The first-order valence-corrected chi connectivity index (χ1v) is 11.9. The summed E-state index contributed by atoms with van der Waals surface area (Å²) in [5.41, 5.74) is 12.1. The van der Waals surface area contributed by atoms with Gasteiger partial charge >= 0.3 is 6.18 Å². The molecule has 6 nitrogen and oxygen atoms in total. The fourth-order valence-electron chi connectivity index (χ4n) is 3.80. The number of hydrogen-bond acceptors (Lipinski definition) is 6. The largest absolute Gasteiger partial charge is 0.494 e. The topological polar surface area (TPSA) is 101 Å². The second kappa shape index (κ2) is 11.3. The van der Waals surface area contributed by atoms with Crippen molar-refractivity contribution in [2.24, 2.45) is 0 Å². The van der Waals surface area contributed by atoms with Gasteiger partial charge in [-0.05, 0) is 80.3 Å². The molecule has 0 unspecified atom stereocenters. The van der Waals surface area contributed by atoms with Crippen molar-refractivity contribution in [2.75, 3.05) is 24.7 Å². The zero-order valence-electron chi connectivity index (χ0n) is 20.0. The molecule has 0 bridgehead atoms. The summed E-state index contributed by atoms with van der Waals surface area (Å²) in [6, 6.07) is 16.2. The van der Waals surface area contributed by atoms with Crippen LogP contribution in [0.25, 0.3) is 22.3 Å². The van der Waals surface area contributed by atoms with Gasteiger partial charge < -0.3 is 25.4 Å². The summed E-state index contributed by atoms with van der Waals surface area (Å²) in [6.45, 7) is 1.11. The maximum absolute atomic E-state index is 12.9. The van der Waals surface area contributed by atoms with Gasteiger partial charge in [0.2, 0.25) is 0 Å². The summed E-state index contributed by atoms with van der Waals surface area (Å²) < 4.78 is 56.0. The summed E-state index contributed by atoms with van der Waals surface area (Å²) in [7, 11) is 0. The van der Waals surface area contributed by atoms with E-state index in [9.17, 15) is 18.0 Å². The van der Waals surface area contributed by atoms with E-state index in [4.69, 9.17) is 25.4 Å². The number of anilines is 2. The predicted octanol–water partition coefficient (Wildman–Crippen LogP) is 6.66. The number of ether oxygens (including phenoxy) is 2. The Hall–Kier alpha value is -4.14. The molecule has 0 spiro atoms. The lowest BCUT2D eigenvalue weighted by Crippen LogP contribution is -2.07. The van der Waals surface area contributed by atoms with Crippen molar-refractivity contribution in [3.8, 4) is 22.8 Å². The van der Waals surface area contributed by atoms with Gasteiger partial charge in [-0.25, -0.2) is 0 Å². The lowest BCUT2D eigenvalue weighted by molar-refractivity contribution is -0.137. The number of alkyl halides is 3. The quantitative estimate of drug-likeness (QED) is 0.182. The Balaban J connectivity index is 1.23. The van der Waals surface area contributed by atoms with Crippen LogP contribution in [-0.2, 0) is 6.18 Å². The van der Waals surface area contributed by atoms with Crippen LogP contribution in [0.4, 0.5) is 24.5 Å². The van der Waals surface area contributed by atoms with Gasteiger partial charge in [-0.3, -0.25) is 4.79 Å². The third kappa shape index (κ3) is 6.75. The highest BCUT2D eigenvalue weighted by atomic mass is 19.4. The average Bonchev–Trinajstić information content (AvgIpc) is 2.87. The molecule has 37 heavy (non-hydrogen) atoms. The molecule has 4 aromatic rings. The van der Waals surface area contributed by atoms with E-state index in [2.05, 4.69) is 0 Å². The van der Waals surface area contributed by atoms with Crippen LogP contribution in [0.1, 0.15) is 31.2 Å². The lowest BCUT2D eigenvalue weighted by Gasteiger charge is -2.10. The monoisotopic (exact) mass is 512 g/mol. The summed E-state index contributed by atoms with van der Waals surface area (Å²) in [5.74, 6) is 1.54. The summed E-state index contributed by atoms with van der Waals surface area (Å²) >= 11 is 0. The standard InChI is InChI=1S/C28H27F3N2O4/c29-28(30,31)19-7-12-25-22(15-19)24(34)17-26(37-25)18-5-9-21(10-6-18)35-13-3-1-2-4-14-36-27-16-20(32)8-11-23(27)33/h5-12,15-17H,1-4,13-14,32-33H2. The molecule has 0 radical (unpaired) electrons. The van der Waals surface area contributed by atoms with E-state index in [1.54, 1.807) is 42.5 Å². The molecule has 194 valence electrons. The number of fused-ring (bicyclic) bond motifs is 1. The number of benzene rings is 3. The van der Waals surface area contributed by atoms with E-state index in [1.807, 2.05) is 0 Å². The van der Waals surface area contributed by atoms with E-state index in [1.165, 1.54) is 12.1 Å². The van der Waals surface area contributed by atoms with Gasteiger partial charge in [-0.15, -0.1) is 0 Å². The number of nitrogens with two attached hydrogens (primary N) is 2. The maximum atomic E-state index is 12.9. The molecule has 1 aromatic heterocycles. The minimum Gasteiger partial charge on any atom is -0.494 e. The Morgan fingerprint density at radius 3 is 2.19 bits per heavy atom. The van der Waals surface area contributed by atoms with Crippen molar-refractivity contribution in [1.29, 1.82) is 0 Å². The van der Waals surface area contributed by atoms with Crippen LogP contribution in [-0.4, -0.2) is 13.2 Å². The van der Waals surface area contributed by atoms with Crippen LogP contribution >= 0.6 is 0 Å². The maximum Gasteiger partial charge on any atom is 0.416 e. The van der Waals surface area contributed by atoms with Gasteiger partial charge in [0, 0.05) is 23.4 Å². The van der Waals surface area contributed by atoms with Crippen LogP contribution in [0.3, 0.4) is 0 Å². The molecule has 3 aromatic carbocycles. The third-order valence-electron chi connectivity index (χ3n) is 5.80. The number of halogens is 3. The molecule has 0 aliphatic rings. The summed E-state index contributed by atoms with van der Waals surface area (Å²) in [5, 5.41) is -0.112. The van der Waals surface area contributed by atoms with Crippen molar-refractivity contribution < 1.29 is 27.1 Å². The molecule has 0 atom stereocenters. The molecule has 0 aliphatic heterocycles. The SMILES string of the molecule is Nc1ccc(N)c(OCCCCCCOc2ccc(-c3cc(=O)c4cc(C(F)(F)F)ccc4o3)cc2)c1. The number of rotatable bonds is 10. The summed E-state index contributed by atoms with van der Waals surface area (Å²) in [4.78, 5) is 12.4. The van der Waals surface area contributed by atoms with Crippen molar-refractivity contribution in [3.05, 3.63) is 82.5 Å². The first-order valence-electron chi connectivity index (χ1n) is 11.9. The molecule has 0 saturated heterocycles. The zero-order valence-corrected chi connectivity index (χ0v) is 20.0. The highest BCUT2D eigenvalue weighted by Crippen LogP contribution is 2.32. The van der Waals surface area contributed by atoms with Gasteiger partial charge in [0.1, 0.15) is 22.8 Å². The lowest BCUT2D eigenvalue weighted by atomic mass is 10.1. The normalized spacial score (nSPS) is 11.5. The van der Waals surface area contributed by atoms with E-state index in [-0.39, 0.29) is 16.7 Å². The molecule has 9 heteroatoms. The fourth-order valence-corrected chi connectivity index (χ4v) is 3.80. The van der Waals surface area contributed by atoms with Crippen molar-refractivity contribution in [1.82, 2.24) is 0 Å². The van der Waals surface area contributed by atoms with Crippen LogP contribution in [0.5, 0.6) is 11.5 Å². The Bertz CT molecular complexity index is 1420. The summed E-state index contributed by atoms with van der Waals surface area (Å²) in [6.07, 6.45) is -0.808. The van der Waals surface area contributed by atoms with Crippen LogP contribution in [0.2, 0.25) is 0 Å². The molecule has 0 saturated carbocycles. The van der Waals surface area contributed by atoms with E-state index >= 15 is 0 Å². The highest BCUT2D eigenvalue weighted by Gasteiger charge is 2.30. The minimum atomic E-state index is -4.53. The zero-order chi connectivity index (χ0) is 26.4. The molecular weight excluding hydrogens is 485 g/mol. The predicted molar refractivity (Wildman–Crippen MR) is 138 cm³/mol. The van der Waals surface area contributed by atoms with Crippen LogP contribution in [0, 0.1) is 0 Å². The minimum absolute atomic E-state index is 0.0950. The number of nitrogen functional groups attached to an aromatic ring is 2. The Morgan fingerprint density at radius 1 is 0.784 bits per heavy atom. The van der Waals surface area contributed by atoms with Gasteiger partial charge in [-0.1, -0.05) is 0 Å². The van der Waals surface area contributed by atoms with Crippen molar-refractivity contribution >= 4 is 22.3 Å². The molecule has 4 rings (SSSR count).